The average molecular weight is 328 g/mol. The number of fused-ring (bicyclic) bond motifs is 1. The monoisotopic (exact) mass is 327 g/mol. The number of ketones is 1. The van der Waals surface area contributed by atoms with Crippen molar-refractivity contribution < 1.29 is 9.59 Å². The summed E-state index contributed by atoms with van der Waals surface area (Å²) in [6.45, 7) is 1.50. The van der Waals surface area contributed by atoms with E-state index in [0.717, 1.165) is 5.65 Å². The molecular weight excluding hydrogens is 314 g/mol. The summed E-state index contributed by atoms with van der Waals surface area (Å²) in [5.74, 6) is -0.179. The SMILES string of the molecule is CC(=O)c1ccc(NC(=O)Cc2cn3cc(Cl)ccc3n2)cc1. The molecule has 3 rings (SSSR count). The molecule has 1 aromatic carbocycles. The van der Waals surface area contributed by atoms with Crippen LogP contribution in [-0.2, 0) is 11.2 Å². The third kappa shape index (κ3) is 3.57. The van der Waals surface area contributed by atoms with Crippen molar-refractivity contribution in [2.24, 2.45) is 0 Å². The van der Waals surface area contributed by atoms with Crippen LogP contribution in [0.1, 0.15) is 23.0 Å². The van der Waals surface area contributed by atoms with Crippen molar-refractivity contribution in [2.45, 2.75) is 13.3 Å². The Labute approximate surface area is 137 Å². The van der Waals surface area contributed by atoms with Crippen LogP contribution >= 0.6 is 11.6 Å². The second-order valence-electron chi connectivity index (χ2n) is 5.20. The first-order valence-corrected chi connectivity index (χ1v) is 7.43. The molecule has 1 amide bonds. The molecule has 0 aliphatic carbocycles. The average Bonchev–Trinajstić information content (AvgIpc) is 2.88. The molecule has 0 spiro atoms. The first-order chi connectivity index (χ1) is 11.0. The maximum Gasteiger partial charge on any atom is 0.230 e. The van der Waals surface area contributed by atoms with Crippen molar-refractivity contribution >= 4 is 34.6 Å². The second-order valence-corrected chi connectivity index (χ2v) is 5.64. The minimum absolute atomic E-state index is 0.00811. The third-order valence-electron chi connectivity index (χ3n) is 3.38. The van der Waals surface area contributed by atoms with Crippen molar-refractivity contribution in [1.29, 1.82) is 0 Å². The predicted octanol–water partition coefficient (Wildman–Crippen LogP) is 3.37. The van der Waals surface area contributed by atoms with Crippen molar-refractivity contribution in [3.8, 4) is 0 Å². The van der Waals surface area contributed by atoms with Gasteiger partial charge < -0.3 is 9.72 Å². The molecule has 116 valence electrons. The molecule has 23 heavy (non-hydrogen) atoms. The van der Waals surface area contributed by atoms with E-state index in [1.54, 1.807) is 53.2 Å². The summed E-state index contributed by atoms with van der Waals surface area (Å²) < 4.78 is 1.78. The maximum absolute atomic E-state index is 12.1. The lowest BCUT2D eigenvalue weighted by Crippen LogP contribution is -2.14. The zero-order valence-corrected chi connectivity index (χ0v) is 13.2. The van der Waals surface area contributed by atoms with Gasteiger partial charge in [-0.05, 0) is 43.3 Å². The quantitative estimate of drug-likeness (QED) is 0.747. The lowest BCUT2D eigenvalue weighted by atomic mass is 10.1. The summed E-state index contributed by atoms with van der Waals surface area (Å²) in [5, 5.41) is 3.39. The van der Waals surface area contributed by atoms with Gasteiger partial charge in [-0.25, -0.2) is 4.98 Å². The van der Waals surface area contributed by atoms with Crippen LogP contribution in [0.3, 0.4) is 0 Å². The third-order valence-corrected chi connectivity index (χ3v) is 3.61. The van der Waals surface area contributed by atoms with E-state index in [0.29, 0.717) is 22.0 Å². The van der Waals surface area contributed by atoms with Crippen LogP contribution in [-0.4, -0.2) is 21.1 Å². The molecular formula is C17H14ClN3O2. The first-order valence-electron chi connectivity index (χ1n) is 7.05. The van der Waals surface area contributed by atoms with Gasteiger partial charge in [-0.1, -0.05) is 11.6 Å². The molecule has 2 heterocycles. The Morgan fingerprint density at radius 1 is 1.13 bits per heavy atom. The molecule has 0 radical (unpaired) electrons. The first kappa shape index (κ1) is 15.2. The molecule has 2 aromatic heterocycles. The molecule has 3 aromatic rings. The van der Waals surface area contributed by atoms with Gasteiger partial charge in [0.05, 0.1) is 17.1 Å². The largest absolute Gasteiger partial charge is 0.326 e. The minimum Gasteiger partial charge on any atom is -0.326 e. The Balaban J connectivity index is 1.69. The number of Topliss-reactive ketones (excluding diaryl/α,β-unsaturated/α-hetero) is 1. The number of carbonyl (C=O) groups excluding carboxylic acids is 2. The zero-order chi connectivity index (χ0) is 16.4. The number of rotatable bonds is 4. The number of nitrogens with zero attached hydrogens (tertiary/aromatic N) is 2. The summed E-state index contributed by atoms with van der Waals surface area (Å²) in [6, 6.07) is 10.3. The fourth-order valence-electron chi connectivity index (χ4n) is 2.26. The van der Waals surface area contributed by atoms with Crippen LogP contribution in [0.4, 0.5) is 5.69 Å². The number of amides is 1. The van der Waals surface area contributed by atoms with Gasteiger partial charge in [-0.3, -0.25) is 9.59 Å². The van der Waals surface area contributed by atoms with Gasteiger partial charge >= 0.3 is 0 Å². The zero-order valence-electron chi connectivity index (χ0n) is 12.4. The van der Waals surface area contributed by atoms with Gasteiger partial charge in [0.15, 0.2) is 5.78 Å². The van der Waals surface area contributed by atoms with E-state index < -0.39 is 0 Å². The number of nitrogens with one attached hydrogen (secondary N) is 1. The van der Waals surface area contributed by atoms with Gasteiger partial charge in [0.1, 0.15) is 5.65 Å². The molecule has 0 unspecified atom stereocenters. The van der Waals surface area contributed by atoms with E-state index in [9.17, 15) is 9.59 Å². The van der Waals surface area contributed by atoms with Crippen molar-refractivity contribution in [3.63, 3.8) is 0 Å². The topological polar surface area (TPSA) is 63.5 Å². The number of hydrogen-bond donors (Lipinski definition) is 1. The number of pyridine rings is 1. The Bertz CT molecular complexity index is 884. The fraction of sp³-hybridized carbons (Fsp3) is 0.118. The van der Waals surface area contributed by atoms with E-state index in [1.807, 2.05) is 0 Å². The molecule has 5 nitrogen and oxygen atoms in total. The normalized spacial score (nSPS) is 10.7. The second kappa shape index (κ2) is 6.22. The highest BCUT2D eigenvalue weighted by Crippen LogP contribution is 2.13. The fourth-order valence-corrected chi connectivity index (χ4v) is 2.43. The standard InChI is InChI=1S/C17H14ClN3O2/c1-11(22)12-2-5-14(6-3-12)20-17(23)8-15-10-21-9-13(18)4-7-16(21)19-15/h2-7,9-10H,8H2,1H3,(H,20,23). The molecule has 0 aliphatic heterocycles. The van der Waals surface area contributed by atoms with E-state index in [1.165, 1.54) is 6.92 Å². The Morgan fingerprint density at radius 3 is 2.57 bits per heavy atom. The van der Waals surface area contributed by atoms with Crippen molar-refractivity contribution in [2.75, 3.05) is 5.32 Å². The highest BCUT2D eigenvalue weighted by atomic mass is 35.5. The molecule has 0 fully saturated rings. The maximum atomic E-state index is 12.1. The molecule has 0 saturated heterocycles. The summed E-state index contributed by atoms with van der Waals surface area (Å²) in [4.78, 5) is 27.7. The van der Waals surface area contributed by atoms with Gasteiger partial charge in [0.2, 0.25) is 5.91 Å². The van der Waals surface area contributed by atoms with Crippen LogP contribution in [0, 0.1) is 0 Å². The van der Waals surface area contributed by atoms with E-state index in [-0.39, 0.29) is 18.1 Å². The van der Waals surface area contributed by atoms with Crippen LogP contribution in [0.2, 0.25) is 5.02 Å². The summed E-state index contributed by atoms with van der Waals surface area (Å²) in [6.07, 6.45) is 3.68. The number of aromatic nitrogens is 2. The van der Waals surface area contributed by atoms with Crippen molar-refractivity contribution in [1.82, 2.24) is 9.38 Å². The Morgan fingerprint density at radius 2 is 1.87 bits per heavy atom. The summed E-state index contributed by atoms with van der Waals surface area (Å²) in [5.41, 5.74) is 2.65. The number of hydrogen-bond acceptors (Lipinski definition) is 3. The number of benzene rings is 1. The van der Waals surface area contributed by atoms with Gasteiger partial charge in [0.25, 0.3) is 0 Å². The van der Waals surface area contributed by atoms with E-state index in [4.69, 9.17) is 11.6 Å². The highest BCUT2D eigenvalue weighted by molar-refractivity contribution is 6.30. The van der Waals surface area contributed by atoms with Crippen LogP contribution < -0.4 is 5.32 Å². The molecule has 1 N–H and O–H groups in total. The smallest absolute Gasteiger partial charge is 0.230 e. The van der Waals surface area contributed by atoms with E-state index in [2.05, 4.69) is 10.3 Å². The molecule has 0 atom stereocenters. The minimum atomic E-state index is -0.171. The summed E-state index contributed by atoms with van der Waals surface area (Å²) >= 11 is 5.92. The van der Waals surface area contributed by atoms with Gasteiger partial charge in [-0.15, -0.1) is 0 Å². The Kier molecular flexibility index (Phi) is 4.12. The molecule has 0 aliphatic rings. The van der Waals surface area contributed by atoms with Gasteiger partial charge in [0, 0.05) is 23.6 Å². The lowest BCUT2D eigenvalue weighted by molar-refractivity contribution is -0.115. The van der Waals surface area contributed by atoms with E-state index >= 15 is 0 Å². The molecule has 0 saturated carbocycles. The van der Waals surface area contributed by atoms with Crippen LogP contribution in [0.15, 0.2) is 48.8 Å². The predicted molar refractivity (Wildman–Crippen MR) is 89.0 cm³/mol. The number of carbonyl (C=O) groups is 2. The van der Waals surface area contributed by atoms with Crippen molar-refractivity contribution in [3.05, 3.63) is 65.1 Å². The number of halogens is 1. The van der Waals surface area contributed by atoms with Gasteiger partial charge in [-0.2, -0.15) is 0 Å². The number of anilines is 1. The summed E-state index contributed by atoms with van der Waals surface area (Å²) in [7, 11) is 0. The Hall–Kier alpha value is -2.66. The number of imidazole rings is 1. The highest BCUT2D eigenvalue weighted by Gasteiger charge is 2.09. The molecule has 6 heteroatoms. The molecule has 0 bridgehead atoms. The lowest BCUT2D eigenvalue weighted by Gasteiger charge is -2.04. The van der Waals surface area contributed by atoms with Crippen LogP contribution in [0.25, 0.3) is 5.65 Å². The van der Waals surface area contributed by atoms with Crippen LogP contribution in [0.5, 0.6) is 0 Å².